The van der Waals surface area contributed by atoms with Gasteiger partial charge in [-0.25, -0.2) is 14.1 Å². The molecule has 4 aliphatic rings. The third-order valence-electron chi connectivity index (χ3n) is 13.0. The number of hydrogen-bond donors (Lipinski definition) is 2. The van der Waals surface area contributed by atoms with Gasteiger partial charge in [0.2, 0.25) is 5.91 Å². The number of ether oxygens (including phenoxy) is 1. The van der Waals surface area contributed by atoms with Crippen molar-refractivity contribution in [3.63, 3.8) is 0 Å². The van der Waals surface area contributed by atoms with E-state index in [2.05, 4.69) is 30.5 Å². The van der Waals surface area contributed by atoms with Gasteiger partial charge in [-0.05, 0) is 61.6 Å². The van der Waals surface area contributed by atoms with E-state index >= 15 is 4.39 Å². The second kappa shape index (κ2) is 16.1. The number of amides is 3. The van der Waals surface area contributed by atoms with E-state index in [1.165, 1.54) is 16.9 Å². The number of aromatic nitrogens is 3. The smallest absolute Gasteiger partial charge is 0.275 e. The molecule has 4 fully saturated rings. The van der Waals surface area contributed by atoms with Gasteiger partial charge in [0.15, 0.2) is 11.6 Å². The predicted octanol–water partition coefficient (Wildman–Crippen LogP) is 5.08. The zero-order valence-corrected chi connectivity index (χ0v) is 35.0. The highest BCUT2D eigenvalue weighted by Gasteiger charge is 2.64. The van der Waals surface area contributed by atoms with Crippen LogP contribution in [0, 0.1) is 33.9 Å². The summed E-state index contributed by atoms with van der Waals surface area (Å²) in [5.41, 5.74) is 0.262. The number of anilines is 2. The molecule has 8 rings (SSSR count). The van der Waals surface area contributed by atoms with Crippen molar-refractivity contribution < 1.29 is 23.5 Å². The van der Waals surface area contributed by atoms with E-state index in [4.69, 9.17) is 16.3 Å². The van der Waals surface area contributed by atoms with Crippen molar-refractivity contribution in [1.29, 1.82) is 5.26 Å². The van der Waals surface area contributed by atoms with Crippen LogP contribution in [0.4, 0.5) is 15.9 Å². The Balaban J connectivity index is 0.808. The van der Waals surface area contributed by atoms with E-state index in [0.29, 0.717) is 46.1 Å². The fraction of sp³-hybridized carbons (Fsp3) is 0.477. The first-order valence-electron chi connectivity index (χ1n) is 20.5. The summed E-state index contributed by atoms with van der Waals surface area (Å²) in [7, 11) is 0. The lowest BCUT2D eigenvalue weighted by Crippen LogP contribution is -2.74. The van der Waals surface area contributed by atoms with Crippen molar-refractivity contribution in [2.75, 3.05) is 55.6 Å². The number of halogens is 2. The first-order valence-corrected chi connectivity index (χ1v) is 20.9. The Morgan fingerprint density at radius 2 is 1.70 bits per heavy atom. The molecule has 4 aromatic rings. The molecule has 1 saturated carbocycles. The standard InChI is InChI=1S/C44H49ClFN9O5/c1-43(2)41(44(3,4)42(43)60-31-7-5-27(22-47)33(45)21-31)51-38(57)29-20-34(46)37(48-23-29)54-13-11-26(12-14-54)25-52-15-17-53(18-16-52)30-6-8-32-28(19-30)24-49-55(40(32)59)35-9-10-36(56)50-39(35)58/h5-8,19-21,23-24,26,35,41-42H,9-18,25H2,1-4H3,(H,51,57)(H,50,56,58). The van der Waals surface area contributed by atoms with Gasteiger partial charge in [-0.2, -0.15) is 10.4 Å². The number of piperidine rings is 2. The predicted molar refractivity (Wildman–Crippen MR) is 225 cm³/mol. The van der Waals surface area contributed by atoms with Gasteiger partial charge in [0.25, 0.3) is 17.4 Å². The number of nitrogens with one attached hydrogen (secondary N) is 2. The first-order chi connectivity index (χ1) is 28.6. The molecule has 14 nitrogen and oxygen atoms in total. The lowest BCUT2D eigenvalue weighted by molar-refractivity contribution is -0.164. The van der Waals surface area contributed by atoms with Crippen LogP contribution in [0.15, 0.2) is 59.7 Å². The Morgan fingerprint density at radius 3 is 2.37 bits per heavy atom. The Bertz CT molecular complexity index is 2440. The van der Waals surface area contributed by atoms with Crippen LogP contribution in [-0.4, -0.2) is 95.3 Å². The van der Waals surface area contributed by atoms with Crippen LogP contribution in [0.2, 0.25) is 5.02 Å². The van der Waals surface area contributed by atoms with E-state index in [-0.39, 0.29) is 47.8 Å². The monoisotopic (exact) mass is 837 g/mol. The van der Waals surface area contributed by atoms with Crippen LogP contribution in [0.3, 0.4) is 0 Å². The topological polar surface area (TPSA) is 166 Å². The van der Waals surface area contributed by atoms with Gasteiger partial charge < -0.3 is 19.9 Å². The van der Waals surface area contributed by atoms with E-state index < -0.39 is 34.5 Å². The molecule has 1 aliphatic carbocycles. The average Bonchev–Trinajstić information content (AvgIpc) is 3.22. The maximum absolute atomic E-state index is 15.6. The number of fused-ring (bicyclic) bond motifs is 1. The van der Waals surface area contributed by atoms with Gasteiger partial charge >= 0.3 is 0 Å². The number of imide groups is 1. The molecule has 2 aromatic heterocycles. The third-order valence-corrected chi connectivity index (χ3v) is 13.3. The zero-order chi connectivity index (χ0) is 42.5. The normalized spacial score (nSPS) is 23.1. The highest BCUT2D eigenvalue weighted by Crippen LogP contribution is 2.55. The minimum atomic E-state index is -0.802. The van der Waals surface area contributed by atoms with Gasteiger partial charge in [-0.1, -0.05) is 39.3 Å². The molecule has 314 valence electrons. The fourth-order valence-corrected chi connectivity index (χ4v) is 10.2. The van der Waals surface area contributed by atoms with E-state index in [1.807, 2.05) is 50.8 Å². The number of carbonyl (C=O) groups excluding carboxylic acids is 3. The van der Waals surface area contributed by atoms with Gasteiger partial charge in [0.05, 0.1) is 27.7 Å². The summed E-state index contributed by atoms with van der Waals surface area (Å²) in [6, 6.07) is 12.9. The van der Waals surface area contributed by atoms with E-state index in [9.17, 15) is 24.4 Å². The molecule has 0 spiro atoms. The van der Waals surface area contributed by atoms with Gasteiger partial charge in [-0.3, -0.25) is 29.4 Å². The first kappa shape index (κ1) is 41.2. The summed E-state index contributed by atoms with van der Waals surface area (Å²) in [5.74, 6) is -0.488. The molecular formula is C44H49ClFN9O5. The SMILES string of the molecule is CC1(C)C(NC(=O)c2cnc(N3CCC(CN4CCN(c5ccc6c(=O)n(C7CCC(=O)NC7=O)ncc6c5)CC4)CC3)c(F)c2)C(C)(C)C1Oc1ccc(C#N)c(Cl)c1. The Kier molecular flexibility index (Phi) is 11.1. The zero-order valence-electron chi connectivity index (χ0n) is 34.2. The summed E-state index contributed by atoms with van der Waals surface area (Å²) in [6.07, 6.45) is 5.02. The molecule has 1 unspecified atom stereocenters. The second-order valence-electron chi connectivity index (χ2n) is 17.7. The van der Waals surface area contributed by atoms with Crippen molar-refractivity contribution in [3.8, 4) is 11.8 Å². The highest BCUT2D eigenvalue weighted by atomic mass is 35.5. The van der Waals surface area contributed by atoms with E-state index in [0.717, 1.165) is 51.3 Å². The summed E-state index contributed by atoms with van der Waals surface area (Å²) in [5, 5.41) is 20.4. The number of nitriles is 1. The van der Waals surface area contributed by atoms with Crippen LogP contribution in [-0.2, 0) is 9.59 Å². The average molecular weight is 838 g/mol. The third kappa shape index (κ3) is 7.78. The number of benzene rings is 2. The molecule has 3 aliphatic heterocycles. The van der Waals surface area contributed by atoms with Crippen molar-refractivity contribution in [1.82, 2.24) is 30.3 Å². The largest absolute Gasteiger partial charge is 0.489 e. The van der Waals surface area contributed by atoms with Gasteiger partial charge in [-0.15, -0.1) is 0 Å². The molecule has 3 amide bonds. The second-order valence-corrected chi connectivity index (χ2v) is 18.1. The van der Waals surface area contributed by atoms with Crippen LogP contribution in [0.25, 0.3) is 10.8 Å². The van der Waals surface area contributed by atoms with Crippen LogP contribution in [0.5, 0.6) is 5.75 Å². The molecular weight excluding hydrogens is 789 g/mol. The summed E-state index contributed by atoms with van der Waals surface area (Å²) in [4.78, 5) is 61.8. The molecule has 5 heterocycles. The quantitative estimate of drug-likeness (QED) is 0.216. The molecule has 2 aromatic carbocycles. The molecule has 3 saturated heterocycles. The van der Waals surface area contributed by atoms with Crippen molar-refractivity contribution in [3.05, 3.63) is 87.2 Å². The van der Waals surface area contributed by atoms with Crippen LogP contribution >= 0.6 is 11.6 Å². The minimum Gasteiger partial charge on any atom is -0.489 e. The number of piperazine rings is 1. The molecule has 16 heteroatoms. The summed E-state index contributed by atoms with van der Waals surface area (Å²) in [6.45, 7) is 13.8. The highest BCUT2D eigenvalue weighted by molar-refractivity contribution is 6.31. The van der Waals surface area contributed by atoms with Crippen LogP contribution in [0.1, 0.15) is 75.3 Å². The van der Waals surface area contributed by atoms with Crippen LogP contribution < -0.4 is 30.7 Å². The maximum atomic E-state index is 15.6. The number of rotatable bonds is 9. The Labute approximate surface area is 352 Å². The number of pyridine rings is 1. The Hall–Kier alpha value is -5.59. The Morgan fingerprint density at radius 1 is 0.967 bits per heavy atom. The lowest BCUT2D eigenvalue weighted by Gasteiger charge is -2.63. The molecule has 0 radical (unpaired) electrons. The minimum absolute atomic E-state index is 0.161. The maximum Gasteiger partial charge on any atom is 0.275 e. The molecule has 60 heavy (non-hydrogen) atoms. The lowest BCUT2D eigenvalue weighted by atomic mass is 9.49. The molecule has 2 N–H and O–H groups in total. The van der Waals surface area contributed by atoms with Crippen molar-refractivity contribution >= 4 is 51.6 Å². The van der Waals surface area contributed by atoms with Gasteiger partial charge in [0.1, 0.15) is 24.0 Å². The summed E-state index contributed by atoms with van der Waals surface area (Å²) < 4.78 is 23.1. The fourth-order valence-electron chi connectivity index (χ4n) is 9.97. The van der Waals surface area contributed by atoms with Crippen molar-refractivity contribution in [2.45, 2.75) is 71.6 Å². The van der Waals surface area contributed by atoms with Crippen molar-refractivity contribution in [2.24, 2.45) is 16.7 Å². The number of nitrogens with zero attached hydrogens (tertiary/aromatic N) is 7. The van der Waals surface area contributed by atoms with Gasteiger partial charge in [0, 0.05) is 92.4 Å². The number of hydrogen-bond acceptors (Lipinski definition) is 11. The summed E-state index contributed by atoms with van der Waals surface area (Å²) >= 11 is 6.23. The molecule has 1 atom stereocenters. The van der Waals surface area contributed by atoms with E-state index in [1.54, 1.807) is 30.5 Å². The molecule has 0 bridgehead atoms. The number of carbonyl (C=O) groups is 3.